The summed E-state index contributed by atoms with van der Waals surface area (Å²) in [7, 11) is 0. The third kappa shape index (κ3) is 5.51. The number of nitrogens with zero attached hydrogens (tertiary/aromatic N) is 2. The Balaban J connectivity index is 1.46. The van der Waals surface area contributed by atoms with Gasteiger partial charge in [-0.3, -0.25) is 0 Å². The summed E-state index contributed by atoms with van der Waals surface area (Å²) >= 11 is 0. The van der Waals surface area contributed by atoms with Crippen LogP contribution in [0.15, 0.2) is 182 Å². The average molecular weight is 726 g/mol. The van der Waals surface area contributed by atoms with Crippen LogP contribution in [0.1, 0.15) is 22.8 Å². The molecule has 7 aromatic carbocycles. The van der Waals surface area contributed by atoms with Crippen molar-refractivity contribution in [3.05, 3.63) is 205 Å². The van der Waals surface area contributed by atoms with Crippen LogP contribution in [0.4, 0.5) is 0 Å². The summed E-state index contributed by atoms with van der Waals surface area (Å²) in [5.41, 5.74) is 14.3. The quantitative estimate of drug-likeness (QED) is 0.184. The first kappa shape index (κ1) is 32.8. The Labute approximate surface area is 330 Å². The summed E-state index contributed by atoms with van der Waals surface area (Å²) < 4.78 is 0. The third-order valence-electron chi connectivity index (χ3n) is 11.2. The topological polar surface area (TPSA) is 41.6 Å². The van der Waals surface area contributed by atoms with E-state index < -0.39 is 0 Å². The zero-order valence-electron chi connectivity index (χ0n) is 31.0. The lowest BCUT2D eigenvalue weighted by atomic mass is 9.87. The molecule has 3 heteroatoms. The fourth-order valence-electron chi connectivity index (χ4n) is 8.78. The van der Waals surface area contributed by atoms with Crippen molar-refractivity contribution in [3.8, 4) is 44.5 Å². The first-order chi connectivity index (χ1) is 28.3. The molecular formula is C54H35N3. The lowest BCUT2D eigenvalue weighted by Crippen LogP contribution is -1.92. The van der Waals surface area contributed by atoms with E-state index in [2.05, 4.69) is 211 Å². The average Bonchev–Trinajstić information content (AvgIpc) is 4.07. The van der Waals surface area contributed by atoms with Gasteiger partial charge in [0.2, 0.25) is 0 Å². The van der Waals surface area contributed by atoms with Crippen LogP contribution in [-0.4, -0.2) is 15.0 Å². The smallest absolute Gasteiger partial charge is 0.0737 e. The van der Waals surface area contributed by atoms with Crippen LogP contribution in [0.3, 0.4) is 0 Å². The van der Waals surface area contributed by atoms with E-state index >= 15 is 0 Å². The summed E-state index contributed by atoms with van der Waals surface area (Å²) in [6.45, 7) is 0. The Bertz CT molecular complexity index is 2970. The Kier molecular flexibility index (Phi) is 7.82. The minimum absolute atomic E-state index is 0.905. The molecular weight excluding hydrogens is 691 g/mol. The van der Waals surface area contributed by atoms with Crippen molar-refractivity contribution < 1.29 is 0 Å². The van der Waals surface area contributed by atoms with Crippen LogP contribution in [0, 0.1) is 0 Å². The lowest BCUT2D eigenvalue weighted by Gasteiger charge is -2.16. The molecule has 1 N–H and O–H groups in total. The number of hydrogen-bond acceptors (Lipinski definition) is 2. The van der Waals surface area contributed by atoms with Crippen molar-refractivity contribution in [3.63, 3.8) is 0 Å². The first-order valence-electron chi connectivity index (χ1n) is 19.4. The molecule has 57 heavy (non-hydrogen) atoms. The molecule has 0 saturated heterocycles. The predicted octanol–water partition coefficient (Wildman–Crippen LogP) is 14.3. The monoisotopic (exact) mass is 725 g/mol. The number of benzene rings is 7. The van der Waals surface area contributed by atoms with Gasteiger partial charge in [0.25, 0.3) is 0 Å². The van der Waals surface area contributed by atoms with E-state index in [9.17, 15) is 0 Å². The van der Waals surface area contributed by atoms with Gasteiger partial charge in [-0.1, -0.05) is 170 Å². The summed E-state index contributed by atoms with van der Waals surface area (Å²) in [6, 6.07) is 64.8. The number of nitrogens with one attached hydrogen (secondary N) is 1. The maximum Gasteiger partial charge on any atom is 0.0737 e. The van der Waals surface area contributed by atoms with Gasteiger partial charge in [0.05, 0.1) is 22.8 Å². The van der Waals surface area contributed by atoms with Crippen LogP contribution in [0.5, 0.6) is 0 Å². The maximum absolute atomic E-state index is 5.57. The van der Waals surface area contributed by atoms with Gasteiger partial charge >= 0.3 is 0 Å². The maximum atomic E-state index is 5.57. The van der Waals surface area contributed by atoms with Gasteiger partial charge in [-0.15, -0.1) is 0 Å². The molecule has 0 spiro atoms. The molecule has 0 radical (unpaired) electrons. The molecule has 0 saturated carbocycles. The molecule has 2 aliphatic heterocycles. The molecule has 8 bridgehead atoms. The van der Waals surface area contributed by atoms with Gasteiger partial charge < -0.3 is 4.98 Å². The van der Waals surface area contributed by atoms with Crippen LogP contribution in [0.2, 0.25) is 0 Å². The fraction of sp³-hybridized carbons (Fsp3) is 0. The van der Waals surface area contributed by atoms with Crippen molar-refractivity contribution in [2.24, 2.45) is 0 Å². The highest BCUT2D eigenvalue weighted by Gasteiger charge is 2.21. The van der Waals surface area contributed by atoms with Crippen LogP contribution < -0.4 is 0 Å². The Hall–Kier alpha value is -7.62. The fourth-order valence-corrected chi connectivity index (χ4v) is 8.78. The highest BCUT2D eigenvalue weighted by atomic mass is 14.8. The van der Waals surface area contributed by atoms with E-state index in [0.717, 1.165) is 111 Å². The summed E-state index contributed by atoms with van der Waals surface area (Å²) in [6.07, 6.45) is 8.75. The van der Waals surface area contributed by atoms with Crippen LogP contribution >= 0.6 is 0 Å². The number of aromatic nitrogens is 3. The number of hydrogen-bond donors (Lipinski definition) is 1. The molecule has 0 atom stereocenters. The number of aromatic amines is 1. The molecule has 0 unspecified atom stereocenters. The minimum Gasteiger partial charge on any atom is -0.354 e. The third-order valence-corrected chi connectivity index (χ3v) is 11.2. The SMILES string of the molecule is C1=Cc2nc1c(-c1ccccc1)c1ccc([nH]1)c(-c1ccccc1)c1nc(c(-c3ccccc3)c3c4ccccc4c(c2-c2ccccc2)c2ccccc23)C=C1. The zero-order chi connectivity index (χ0) is 37.7. The highest BCUT2D eigenvalue weighted by Crippen LogP contribution is 2.45. The van der Waals surface area contributed by atoms with E-state index in [0.29, 0.717) is 0 Å². The summed E-state index contributed by atoms with van der Waals surface area (Å²) in [5.74, 6) is 0. The Morgan fingerprint density at radius 2 is 0.526 bits per heavy atom. The molecule has 5 heterocycles. The van der Waals surface area contributed by atoms with Gasteiger partial charge in [0.1, 0.15) is 0 Å². The minimum atomic E-state index is 0.905. The van der Waals surface area contributed by atoms with Crippen molar-refractivity contribution >= 4 is 67.7 Å². The first-order valence-corrected chi connectivity index (χ1v) is 19.4. The molecule has 12 rings (SSSR count). The molecule has 10 aromatic rings. The van der Waals surface area contributed by atoms with E-state index in [1.165, 1.54) is 0 Å². The van der Waals surface area contributed by atoms with Crippen molar-refractivity contribution in [1.82, 2.24) is 15.0 Å². The second kappa shape index (κ2) is 13.6. The lowest BCUT2D eigenvalue weighted by molar-refractivity contribution is 1.32. The molecule has 3 aromatic heterocycles. The zero-order valence-corrected chi connectivity index (χ0v) is 31.0. The van der Waals surface area contributed by atoms with Crippen molar-refractivity contribution in [2.75, 3.05) is 0 Å². The van der Waals surface area contributed by atoms with Crippen LogP contribution in [0.25, 0.3) is 112 Å². The van der Waals surface area contributed by atoms with Crippen molar-refractivity contribution in [2.45, 2.75) is 0 Å². The highest BCUT2D eigenvalue weighted by molar-refractivity contribution is 6.31. The van der Waals surface area contributed by atoms with Gasteiger partial charge in [-0.25, -0.2) is 9.97 Å². The van der Waals surface area contributed by atoms with Crippen molar-refractivity contribution in [1.29, 1.82) is 0 Å². The molecule has 0 amide bonds. The van der Waals surface area contributed by atoms with E-state index in [1.807, 2.05) is 0 Å². The molecule has 0 aliphatic carbocycles. The largest absolute Gasteiger partial charge is 0.354 e. The van der Waals surface area contributed by atoms with Gasteiger partial charge in [-0.05, 0) is 80.2 Å². The summed E-state index contributed by atoms with van der Waals surface area (Å²) in [4.78, 5) is 15.0. The summed E-state index contributed by atoms with van der Waals surface area (Å²) in [5, 5.41) is 6.98. The van der Waals surface area contributed by atoms with E-state index in [4.69, 9.17) is 9.97 Å². The second-order valence-electron chi connectivity index (χ2n) is 14.5. The van der Waals surface area contributed by atoms with E-state index in [-0.39, 0.29) is 0 Å². The van der Waals surface area contributed by atoms with E-state index in [1.54, 1.807) is 0 Å². The number of H-pyrrole nitrogens is 1. The second-order valence-corrected chi connectivity index (χ2v) is 14.5. The van der Waals surface area contributed by atoms with Gasteiger partial charge in [0.15, 0.2) is 0 Å². The number of rotatable bonds is 4. The molecule has 3 nitrogen and oxygen atoms in total. The normalized spacial score (nSPS) is 12.1. The standard InChI is InChI=1S/C54H35N3/c1-5-17-35(18-6-1)49-43-29-30-44(55-43)50(36-19-7-2-8-20-36)46-32-34-48(57-46)52(38-23-11-4-12-24-38)54-41-27-15-13-25-39(41)53(40-26-14-16-28-42(40)54)51(37-21-9-3-10-22-37)47-33-31-45(49)56-47/h1-34,55H. The molecule has 266 valence electrons. The predicted molar refractivity (Wildman–Crippen MR) is 241 cm³/mol. The molecule has 2 aliphatic rings. The van der Waals surface area contributed by atoms with Gasteiger partial charge in [-0.2, -0.15) is 0 Å². The van der Waals surface area contributed by atoms with Gasteiger partial charge in [0, 0.05) is 44.1 Å². The molecule has 0 fully saturated rings. The Morgan fingerprint density at radius 1 is 0.263 bits per heavy atom. The Morgan fingerprint density at radius 3 is 0.842 bits per heavy atom. The van der Waals surface area contributed by atoms with Crippen LogP contribution in [-0.2, 0) is 0 Å².